The quantitative estimate of drug-likeness (QED) is 0.531. The molecule has 1 aromatic carbocycles. The Morgan fingerprint density at radius 3 is 2.17 bits per heavy atom. The summed E-state index contributed by atoms with van der Waals surface area (Å²) in [5.41, 5.74) is 6.60. The highest BCUT2D eigenvalue weighted by molar-refractivity contribution is 5.94. The van der Waals surface area contributed by atoms with Crippen LogP contribution in [0.25, 0.3) is 0 Å². The minimum absolute atomic E-state index is 0.363. The zero-order valence-corrected chi connectivity index (χ0v) is 6.82. The van der Waals surface area contributed by atoms with Crippen LogP contribution in [0.2, 0.25) is 0 Å². The second-order valence-corrected chi connectivity index (χ2v) is 2.18. The number of carbonyl (C=O) groups is 1. The van der Waals surface area contributed by atoms with Gasteiger partial charge in [0.05, 0.1) is 0 Å². The Bertz CT molecular complexity index is 261. The topological polar surface area (TPSA) is 89.3 Å². The van der Waals surface area contributed by atoms with Gasteiger partial charge < -0.3 is 10.9 Å². The van der Waals surface area contributed by atoms with Crippen molar-refractivity contribution in [2.45, 2.75) is 6.92 Å². The number of nitrogens with two attached hydrogens (primary N) is 2. The molecule has 66 valence electrons. The van der Waals surface area contributed by atoms with Crippen molar-refractivity contribution in [3.05, 3.63) is 35.4 Å². The van der Waals surface area contributed by atoms with Crippen molar-refractivity contribution in [3.63, 3.8) is 0 Å². The molecule has 5 N–H and O–H groups in total. The second kappa shape index (κ2) is 5.29. The predicted molar refractivity (Wildman–Crippen MR) is 45.7 cm³/mol. The lowest BCUT2D eigenvalue weighted by Gasteiger charge is -1.97. The van der Waals surface area contributed by atoms with Gasteiger partial charge in [0.2, 0.25) is 5.91 Å². The Morgan fingerprint density at radius 2 is 1.83 bits per heavy atom. The monoisotopic (exact) mass is 168 g/mol. The lowest BCUT2D eigenvalue weighted by atomic mass is 10.1. The molecule has 0 aliphatic rings. The average Bonchev–Trinajstić information content (AvgIpc) is 2.08. The van der Waals surface area contributed by atoms with Gasteiger partial charge in [-0.3, -0.25) is 4.79 Å². The first-order valence-electron chi connectivity index (χ1n) is 3.33. The number of carbonyl (C=O) groups excluding carboxylic acids is 1. The number of benzene rings is 1. The zero-order valence-electron chi connectivity index (χ0n) is 6.82. The third kappa shape index (κ3) is 2.69. The number of hydrogen-bond acceptors (Lipinski definition) is 3. The minimum Gasteiger partial charge on any atom is -0.366 e. The molecule has 0 fully saturated rings. The Kier molecular flexibility index (Phi) is 4.67. The fourth-order valence-electron chi connectivity index (χ4n) is 0.849. The zero-order chi connectivity index (χ0) is 9.56. The normalized spacial score (nSPS) is 8.25. The molecule has 1 rings (SSSR count). The first-order valence-corrected chi connectivity index (χ1v) is 3.33. The Balaban J connectivity index is 0.000000561. The van der Waals surface area contributed by atoms with Gasteiger partial charge in [-0.15, -0.1) is 0 Å². The maximum Gasteiger partial charge on any atom is 0.248 e. The fraction of sp³-hybridized carbons (Fsp3) is 0.125. The third-order valence-corrected chi connectivity index (χ3v) is 1.41. The molecular formula is C8H12N2O2. The van der Waals surface area contributed by atoms with E-state index in [9.17, 15) is 4.79 Å². The van der Waals surface area contributed by atoms with E-state index in [2.05, 4.69) is 5.90 Å². The molecule has 0 aliphatic heterocycles. The molecule has 0 radical (unpaired) electrons. The molecule has 0 heterocycles. The van der Waals surface area contributed by atoms with E-state index in [1.807, 2.05) is 19.1 Å². The standard InChI is InChI=1S/C8H9NO.H3NO/c1-6-4-2-3-5-7(6)8(9)10;1-2/h2-5H,1H3,(H2,9,10);2H,1H2. The van der Waals surface area contributed by atoms with Crippen LogP contribution in [0.4, 0.5) is 0 Å². The largest absolute Gasteiger partial charge is 0.366 e. The summed E-state index contributed by atoms with van der Waals surface area (Å²) in [5.74, 6) is 3.14. The summed E-state index contributed by atoms with van der Waals surface area (Å²) in [6.45, 7) is 1.86. The van der Waals surface area contributed by atoms with Gasteiger partial charge >= 0.3 is 0 Å². The first kappa shape index (κ1) is 10.6. The maximum absolute atomic E-state index is 10.6. The first-order chi connectivity index (χ1) is 5.72. The average molecular weight is 168 g/mol. The molecule has 0 unspecified atom stereocenters. The Morgan fingerprint density at radius 1 is 1.33 bits per heavy atom. The second-order valence-electron chi connectivity index (χ2n) is 2.18. The van der Waals surface area contributed by atoms with Gasteiger partial charge in [0, 0.05) is 5.56 Å². The van der Waals surface area contributed by atoms with E-state index < -0.39 is 0 Å². The van der Waals surface area contributed by atoms with Crippen molar-refractivity contribution in [1.29, 1.82) is 0 Å². The summed E-state index contributed by atoms with van der Waals surface area (Å²) in [6.07, 6.45) is 0. The SMILES string of the molecule is Cc1ccccc1C(N)=O.NO. The highest BCUT2D eigenvalue weighted by Crippen LogP contribution is 2.04. The van der Waals surface area contributed by atoms with Crippen LogP contribution in [0.1, 0.15) is 15.9 Å². The van der Waals surface area contributed by atoms with Crippen molar-refractivity contribution in [2.75, 3.05) is 0 Å². The molecule has 0 saturated heterocycles. The molecule has 12 heavy (non-hydrogen) atoms. The molecule has 1 aromatic rings. The van der Waals surface area contributed by atoms with Crippen molar-refractivity contribution >= 4 is 5.91 Å². The number of rotatable bonds is 1. The molecule has 0 spiro atoms. The molecule has 0 saturated carbocycles. The summed E-state index contributed by atoms with van der Waals surface area (Å²) in [5, 5.41) is 6.50. The number of aryl methyl sites for hydroxylation is 1. The lowest BCUT2D eigenvalue weighted by Crippen LogP contribution is -2.12. The number of hydrogen-bond donors (Lipinski definition) is 3. The van der Waals surface area contributed by atoms with E-state index in [1.165, 1.54) is 0 Å². The van der Waals surface area contributed by atoms with Crippen LogP contribution in [-0.2, 0) is 0 Å². The Hall–Kier alpha value is -1.39. The van der Waals surface area contributed by atoms with Crippen LogP contribution in [-0.4, -0.2) is 11.1 Å². The highest BCUT2D eigenvalue weighted by Gasteiger charge is 2.00. The van der Waals surface area contributed by atoms with Crippen LogP contribution in [0, 0.1) is 6.92 Å². The summed E-state index contributed by atoms with van der Waals surface area (Å²) in [4.78, 5) is 10.6. The van der Waals surface area contributed by atoms with Crippen molar-refractivity contribution in [3.8, 4) is 0 Å². The van der Waals surface area contributed by atoms with Gasteiger partial charge in [-0.25, -0.2) is 5.90 Å². The van der Waals surface area contributed by atoms with Crippen LogP contribution in [0.5, 0.6) is 0 Å². The molecule has 0 bridgehead atoms. The van der Waals surface area contributed by atoms with E-state index >= 15 is 0 Å². The minimum atomic E-state index is -0.363. The molecule has 0 atom stereocenters. The van der Waals surface area contributed by atoms with Gasteiger partial charge in [-0.1, -0.05) is 18.2 Å². The van der Waals surface area contributed by atoms with Crippen molar-refractivity contribution in [1.82, 2.24) is 0 Å². The van der Waals surface area contributed by atoms with Crippen LogP contribution >= 0.6 is 0 Å². The smallest absolute Gasteiger partial charge is 0.248 e. The summed E-state index contributed by atoms with van der Waals surface area (Å²) >= 11 is 0. The maximum atomic E-state index is 10.6. The molecule has 4 nitrogen and oxygen atoms in total. The summed E-state index contributed by atoms with van der Waals surface area (Å²) in [6, 6.07) is 7.26. The van der Waals surface area contributed by atoms with E-state index in [4.69, 9.17) is 10.9 Å². The number of amides is 1. The molecule has 0 aromatic heterocycles. The van der Waals surface area contributed by atoms with E-state index in [-0.39, 0.29) is 5.91 Å². The van der Waals surface area contributed by atoms with Crippen molar-refractivity contribution < 1.29 is 10.0 Å². The van der Waals surface area contributed by atoms with E-state index in [0.29, 0.717) is 5.56 Å². The highest BCUT2D eigenvalue weighted by atomic mass is 16.4. The van der Waals surface area contributed by atoms with Gasteiger partial charge in [-0.2, -0.15) is 0 Å². The molecule has 4 heteroatoms. The van der Waals surface area contributed by atoms with Crippen LogP contribution in [0.3, 0.4) is 0 Å². The van der Waals surface area contributed by atoms with E-state index in [1.54, 1.807) is 12.1 Å². The third-order valence-electron chi connectivity index (χ3n) is 1.41. The summed E-state index contributed by atoms with van der Waals surface area (Å²) < 4.78 is 0. The van der Waals surface area contributed by atoms with E-state index in [0.717, 1.165) is 5.56 Å². The fourth-order valence-corrected chi connectivity index (χ4v) is 0.849. The number of primary amides is 1. The van der Waals surface area contributed by atoms with Gasteiger partial charge in [0.15, 0.2) is 0 Å². The predicted octanol–water partition coefficient (Wildman–Crippen LogP) is 0.428. The molecular weight excluding hydrogens is 156 g/mol. The molecule has 1 amide bonds. The van der Waals surface area contributed by atoms with Gasteiger partial charge in [-0.05, 0) is 18.6 Å². The molecule has 0 aliphatic carbocycles. The van der Waals surface area contributed by atoms with Crippen LogP contribution in [0.15, 0.2) is 24.3 Å². The summed E-state index contributed by atoms with van der Waals surface area (Å²) in [7, 11) is 0. The van der Waals surface area contributed by atoms with Gasteiger partial charge in [0.1, 0.15) is 0 Å². The van der Waals surface area contributed by atoms with Crippen molar-refractivity contribution in [2.24, 2.45) is 11.6 Å². The van der Waals surface area contributed by atoms with Gasteiger partial charge in [0.25, 0.3) is 0 Å². The lowest BCUT2D eigenvalue weighted by molar-refractivity contribution is 0.0999. The Labute approximate surface area is 70.8 Å². The van der Waals surface area contributed by atoms with Crippen LogP contribution < -0.4 is 11.6 Å².